The molecule has 0 bridgehead atoms. The number of rotatable bonds is 3. The van der Waals surface area contributed by atoms with E-state index in [0.717, 1.165) is 36.6 Å². The number of carbonyl (C=O) groups is 1. The molecule has 2 aromatic rings. The molecule has 3 rings (SSSR count). The van der Waals surface area contributed by atoms with Gasteiger partial charge in [-0.3, -0.25) is 9.79 Å². The Bertz CT molecular complexity index is 632. The summed E-state index contributed by atoms with van der Waals surface area (Å²) in [6, 6.07) is 10.9. The minimum atomic E-state index is -0.265. The van der Waals surface area contributed by atoms with Crippen LogP contribution >= 0.6 is 0 Å². The molecule has 5 heteroatoms. The molecule has 1 aliphatic rings. The number of nitrogens with zero attached hydrogens (tertiary/aromatic N) is 1. The Hall–Kier alpha value is -2.56. The van der Waals surface area contributed by atoms with Crippen LogP contribution in [0.5, 0.6) is 0 Å². The molecule has 2 heterocycles. The molecule has 5 nitrogen and oxygen atoms in total. The third kappa shape index (κ3) is 2.56. The Morgan fingerprint density at radius 1 is 1.25 bits per heavy atom. The maximum atomic E-state index is 12.0. The van der Waals surface area contributed by atoms with Crippen molar-refractivity contribution in [1.82, 2.24) is 5.32 Å². The molecular weight excluding hydrogens is 254 g/mol. The van der Waals surface area contributed by atoms with Crippen molar-refractivity contribution in [3.63, 3.8) is 0 Å². The summed E-state index contributed by atoms with van der Waals surface area (Å²) in [6.07, 6.45) is 2.51. The molecule has 1 aliphatic heterocycles. The third-order valence-electron chi connectivity index (χ3n) is 3.07. The number of anilines is 1. The minimum absolute atomic E-state index is 0.265. The van der Waals surface area contributed by atoms with Gasteiger partial charge in [-0.05, 0) is 30.7 Å². The minimum Gasteiger partial charge on any atom is -0.459 e. The van der Waals surface area contributed by atoms with E-state index in [1.807, 2.05) is 24.3 Å². The first-order valence-electron chi connectivity index (χ1n) is 6.57. The number of hydrogen-bond acceptors (Lipinski definition) is 4. The molecule has 0 atom stereocenters. The molecule has 0 aliphatic carbocycles. The lowest BCUT2D eigenvalue weighted by Gasteiger charge is -2.17. The zero-order valence-corrected chi connectivity index (χ0v) is 10.9. The lowest BCUT2D eigenvalue weighted by Crippen LogP contribution is -2.31. The van der Waals surface area contributed by atoms with Gasteiger partial charge in [0, 0.05) is 18.7 Å². The summed E-state index contributed by atoms with van der Waals surface area (Å²) in [5.41, 5.74) is 1.62. The average molecular weight is 269 g/mol. The van der Waals surface area contributed by atoms with Gasteiger partial charge in [-0.15, -0.1) is 0 Å². The van der Waals surface area contributed by atoms with Gasteiger partial charge in [0.15, 0.2) is 5.76 Å². The van der Waals surface area contributed by atoms with Crippen molar-refractivity contribution in [3.05, 3.63) is 54.0 Å². The lowest BCUT2D eigenvalue weighted by atomic mass is 10.1. The zero-order chi connectivity index (χ0) is 13.8. The van der Waals surface area contributed by atoms with Gasteiger partial charge in [-0.2, -0.15) is 0 Å². The standard InChI is InChI=1S/C15H15N3O2/c19-15(13-7-3-10-20-13)18-12-6-2-1-5-11(12)14-16-8-4-9-17-14/h1-3,5-7,10H,4,8-9H2,(H,16,17)(H,18,19). The molecule has 102 valence electrons. The third-order valence-corrected chi connectivity index (χ3v) is 3.07. The first-order chi connectivity index (χ1) is 9.84. The Kier molecular flexibility index (Phi) is 3.50. The fraction of sp³-hybridized carbons (Fsp3) is 0.200. The summed E-state index contributed by atoms with van der Waals surface area (Å²) in [5, 5.41) is 6.12. The highest BCUT2D eigenvalue weighted by Crippen LogP contribution is 2.17. The van der Waals surface area contributed by atoms with Gasteiger partial charge in [-0.25, -0.2) is 0 Å². The smallest absolute Gasteiger partial charge is 0.291 e. The van der Waals surface area contributed by atoms with Crippen LogP contribution in [0.15, 0.2) is 52.1 Å². The van der Waals surface area contributed by atoms with Crippen LogP contribution in [0.1, 0.15) is 22.5 Å². The van der Waals surface area contributed by atoms with E-state index in [9.17, 15) is 4.79 Å². The van der Waals surface area contributed by atoms with Gasteiger partial charge in [0.2, 0.25) is 0 Å². The monoisotopic (exact) mass is 269 g/mol. The number of furan rings is 1. The van der Waals surface area contributed by atoms with E-state index in [1.165, 1.54) is 6.26 Å². The molecule has 20 heavy (non-hydrogen) atoms. The number of benzene rings is 1. The number of amidine groups is 1. The Labute approximate surface area is 116 Å². The highest BCUT2D eigenvalue weighted by Gasteiger charge is 2.15. The zero-order valence-electron chi connectivity index (χ0n) is 10.9. The Morgan fingerprint density at radius 2 is 2.15 bits per heavy atom. The topological polar surface area (TPSA) is 66.6 Å². The van der Waals surface area contributed by atoms with Gasteiger partial charge in [0.1, 0.15) is 5.84 Å². The molecular formula is C15H15N3O2. The highest BCUT2D eigenvalue weighted by molar-refractivity contribution is 6.09. The Balaban J connectivity index is 1.86. The predicted octanol–water partition coefficient (Wildman–Crippen LogP) is 2.27. The molecule has 0 saturated carbocycles. The second-order valence-electron chi connectivity index (χ2n) is 4.49. The van der Waals surface area contributed by atoms with Crippen LogP contribution in [-0.2, 0) is 0 Å². The first kappa shape index (κ1) is 12.5. The summed E-state index contributed by atoms with van der Waals surface area (Å²) in [7, 11) is 0. The van der Waals surface area contributed by atoms with E-state index < -0.39 is 0 Å². The first-order valence-corrected chi connectivity index (χ1v) is 6.57. The molecule has 2 N–H and O–H groups in total. The largest absolute Gasteiger partial charge is 0.459 e. The van der Waals surface area contributed by atoms with Crippen molar-refractivity contribution in [2.45, 2.75) is 6.42 Å². The van der Waals surface area contributed by atoms with E-state index >= 15 is 0 Å². The SMILES string of the molecule is O=C(Nc1ccccc1C1=NCCCN1)c1ccco1. The highest BCUT2D eigenvalue weighted by atomic mass is 16.3. The number of para-hydroxylation sites is 1. The van der Waals surface area contributed by atoms with Gasteiger partial charge >= 0.3 is 0 Å². The average Bonchev–Trinajstić information content (AvgIpc) is 3.03. The van der Waals surface area contributed by atoms with Crippen molar-refractivity contribution in [2.75, 3.05) is 18.4 Å². The van der Waals surface area contributed by atoms with E-state index in [2.05, 4.69) is 15.6 Å². The number of amides is 1. The predicted molar refractivity (Wildman–Crippen MR) is 77.1 cm³/mol. The normalized spacial score (nSPS) is 14.3. The molecule has 0 unspecified atom stereocenters. The molecule has 0 saturated heterocycles. The molecule has 1 aromatic heterocycles. The summed E-state index contributed by atoms with van der Waals surface area (Å²) >= 11 is 0. The van der Waals surface area contributed by atoms with Crippen LogP contribution < -0.4 is 10.6 Å². The van der Waals surface area contributed by atoms with Crippen LogP contribution in [0.25, 0.3) is 0 Å². The maximum absolute atomic E-state index is 12.0. The number of carbonyl (C=O) groups excluding carboxylic acids is 1. The van der Waals surface area contributed by atoms with E-state index in [0.29, 0.717) is 5.76 Å². The quantitative estimate of drug-likeness (QED) is 0.898. The second-order valence-corrected chi connectivity index (χ2v) is 4.49. The summed E-state index contributed by atoms with van der Waals surface area (Å²) in [5.74, 6) is 0.851. The van der Waals surface area contributed by atoms with E-state index in [4.69, 9.17) is 4.42 Å². The van der Waals surface area contributed by atoms with Gasteiger partial charge in [-0.1, -0.05) is 12.1 Å². The van der Waals surface area contributed by atoms with Crippen LogP contribution in [0.4, 0.5) is 5.69 Å². The molecule has 0 spiro atoms. The van der Waals surface area contributed by atoms with Crippen LogP contribution in [0.2, 0.25) is 0 Å². The van der Waals surface area contributed by atoms with E-state index in [1.54, 1.807) is 12.1 Å². The fourth-order valence-electron chi connectivity index (χ4n) is 2.10. The van der Waals surface area contributed by atoms with Crippen molar-refractivity contribution < 1.29 is 9.21 Å². The summed E-state index contributed by atoms with van der Waals surface area (Å²) < 4.78 is 5.09. The van der Waals surface area contributed by atoms with Gasteiger partial charge in [0.25, 0.3) is 5.91 Å². The van der Waals surface area contributed by atoms with Crippen molar-refractivity contribution in [1.29, 1.82) is 0 Å². The molecule has 0 radical (unpaired) electrons. The van der Waals surface area contributed by atoms with Crippen molar-refractivity contribution >= 4 is 17.4 Å². The van der Waals surface area contributed by atoms with E-state index in [-0.39, 0.29) is 5.91 Å². The lowest BCUT2D eigenvalue weighted by molar-refractivity contribution is 0.0996. The Morgan fingerprint density at radius 3 is 2.90 bits per heavy atom. The maximum Gasteiger partial charge on any atom is 0.291 e. The van der Waals surface area contributed by atoms with Crippen LogP contribution in [-0.4, -0.2) is 24.8 Å². The van der Waals surface area contributed by atoms with Crippen molar-refractivity contribution in [3.8, 4) is 0 Å². The fourth-order valence-corrected chi connectivity index (χ4v) is 2.10. The van der Waals surface area contributed by atoms with Crippen LogP contribution in [0.3, 0.4) is 0 Å². The van der Waals surface area contributed by atoms with Gasteiger partial charge < -0.3 is 15.1 Å². The molecule has 0 fully saturated rings. The van der Waals surface area contributed by atoms with Gasteiger partial charge in [0.05, 0.1) is 12.0 Å². The number of aliphatic imine (C=N–C) groups is 1. The second kappa shape index (κ2) is 5.61. The summed E-state index contributed by atoms with van der Waals surface area (Å²) in [6.45, 7) is 1.71. The molecule has 1 aromatic carbocycles. The number of hydrogen-bond donors (Lipinski definition) is 2. The summed E-state index contributed by atoms with van der Waals surface area (Å²) in [4.78, 5) is 16.5. The van der Waals surface area contributed by atoms with Crippen LogP contribution in [0, 0.1) is 0 Å². The molecule has 1 amide bonds. The number of nitrogens with one attached hydrogen (secondary N) is 2. The van der Waals surface area contributed by atoms with Crippen molar-refractivity contribution in [2.24, 2.45) is 4.99 Å².